The van der Waals surface area contributed by atoms with Crippen LogP contribution in [0, 0.1) is 0 Å². The first-order chi connectivity index (χ1) is 12.4. The minimum absolute atomic E-state index is 0. The summed E-state index contributed by atoms with van der Waals surface area (Å²) in [6.45, 7) is 13.9. The van der Waals surface area contributed by atoms with Crippen LogP contribution in [-0.4, -0.2) is 33.8 Å². The summed E-state index contributed by atoms with van der Waals surface area (Å²) >= 11 is 0. The maximum atomic E-state index is 4.69. The van der Waals surface area contributed by atoms with E-state index < -0.39 is 0 Å². The molecular formula is C20H33IN6. The Morgan fingerprint density at radius 1 is 1.11 bits per heavy atom. The van der Waals surface area contributed by atoms with E-state index in [2.05, 4.69) is 84.3 Å². The third-order valence-electron chi connectivity index (χ3n) is 4.24. The summed E-state index contributed by atoms with van der Waals surface area (Å²) < 4.78 is 2.07. The van der Waals surface area contributed by atoms with Crippen molar-refractivity contribution in [2.24, 2.45) is 4.99 Å². The molecule has 6 nitrogen and oxygen atoms in total. The lowest BCUT2D eigenvalue weighted by molar-refractivity contribution is 0.590. The van der Waals surface area contributed by atoms with E-state index in [9.17, 15) is 0 Å². The quantitative estimate of drug-likeness (QED) is 0.359. The highest BCUT2D eigenvalue weighted by Gasteiger charge is 2.12. The number of aryl methyl sites for hydroxylation is 1. The van der Waals surface area contributed by atoms with Crippen molar-refractivity contribution < 1.29 is 0 Å². The molecule has 0 spiro atoms. The highest BCUT2D eigenvalue weighted by molar-refractivity contribution is 14.0. The fraction of sp³-hybridized carbons (Fsp3) is 0.550. The Morgan fingerprint density at radius 2 is 1.81 bits per heavy atom. The van der Waals surface area contributed by atoms with Crippen LogP contribution in [0.1, 0.15) is 51.6 Å². The van der Waals surface area contributed by atoms with Crippen molar-refractivity contribution in [3.05, 3.63) is 47.5 Å². The Balaban J connectivity index is 0.00000364. The van der Waals surface area contributed by atoms with E-state index in [1.165, 1.54) is 11.1 Å². The number of benzene rings is 1. The Hall–Kier alpha value is -1.64. The largest absolute Gasteiger partial charge is 0.357 e. The second-order valence-electron chi connectivity index (χ2n) is 7.36. The molecule has 0 amide bonds. The van der Waals surface area contributed by atoms with Gasteiger partial charge >= 0.3 is 0 Å². The second kappa shape index (κ2) is 11.3. The molecule has 1 aromatic heterocycles. The molecule has 2 aromatic rings. The predicted octanol–water partition coefficient (Wildman–Crippen LogP) is 3.51. The van der Waals surface area contributed by atoms with Crippen LogP contribution >= 0.6 is 24.0 Å². The zero-order valence-electron chi connectivity index (χ0n) is 17.1. The van der Waals surface area contributed by atoms with Crippen molar-refractivity contribution in [1.82, 2.24) is 25.4 Å². The van der Waals surface area contributed by atoms with Gasteiger partial charge in [0.25, 0.3) is 0 Å². The van der Waals surface area contributed by atoms with Crippen molar-refractivity contribution >= 4 is 29.9 Å². The minimum atomic E-state index is 0. The molecule has 7 heteroatoms. The number of rotatable bonds is 7. The highest BCUT2D eigenvalue weighted by atomic mass is 127. The van der Waals surface area contributed by atoms with Crippen LogP contribution in [0.25, 0.3) is 0 Å². The number of aromatic nitrogens is 3. The number of halogens is 1. The zero-order chi connectivity index (χ0) is 19.0. The fourth-order valence-electron chi connectivity index (χ4n) is 2.66. The fourth-order valence-corrected chi connectivity index (χ4v) is 2.66. The van der Waals surface area contributed by atoms with Crippen molar-refractivity contribution in [3.63, 3.8) is 0 Å². The number of guanidine groups is 1. The van der Waals surface area contributed by atoms with Gasteiger partial charge in [-0.1, -0.05) is 52.0 Å². The Morgan fingerprint density at radius 3 is 2.41 bits per heavy atom. The first-order valence-electron chi connectivity index (χ1n) is 9.42. The molecule has 0 unspecified atom stereocenters. The molecule has 2 N–H and O–H groups in total. The monoisotopic (exact) mass is 484 g/mol. The molecule has 0 fully saturated rings. The molecule has 0 bridgehead atoms. The van der Waals surface area contributed by atoms with Crippen LogP contribution in [-0.2, 0) is 24.9 Å². The van der Waals surface area contributed by atoms with Gasteiger partial charge in [0.2, 0.25) is 0 Å². The third-order valence-corrected chi connectivity index (χ3v) is 4.24. The molecular weight excluding hydrogens is 451 g/mol. The molecule has 0 atom stereocenters. The summed E-state index contributed by atoms with van der Waals surface area (Å²) in [5.41, 5.74) is 2.73. The van der Waals surface area contributed by atoms with E-state index in [1.54, 1.807) is 6.33 Å². The van der Waals surface area contributed by atoms with E-state index in [0.717, 1.165) is 37.8 Å². The molecule has 0 radical (unpaired) electrons. The lowest BCUT2D eigenvalue weighted by atomic mass is 9.87. The molecule has 27 heavy (non-hydrogen) atoms. The van der Waals surface area contributed by atoms with E-state index >= 15 is 0 Å². The second-order valence-corrected chi connectivity index (χ2v) is 7.36. The van der Waals surface area contributed by atoms with Gasteiger partial charge in [-0.05, 0) is 23.5 Å². The lowest BCUT2D eigenvalue weighted by Gasteiger charge is -2.19. The van der Waals surface area contributed by atoms with Crippen molar-refractivity contribution in [3.8, 4) is 0 Å². The predicted molar refractivity (Wildman–Crippen MR) is 123 cm³/mol. The van der Waals surface area contributed by atoms with Gasteiger partial charge in [-0.15, -0.1) is 34.2 Å². The topological polar surface area (TPSA) is 67.1 Å². The lowest BCUT2D eigenvalue weighted by Crippen LogP contribution is -2.38. The minimum Gasteiger partial charge on any atom is -0.357 e. The SMILES string of the molecule is CCNC(=NCc1ccc(C(C)(C)C)cc1)NCCn1cnnc1CC.I. The van der Waals surface area contributed by atoms with Crippen LogP contribution in [0.4, 0.5) is 0 Å². The van der Waals surface area contributed by atoms with E-state index in [1.807, 2.05) is 0 Å². The summed E-state index contributed by atoms with van der Waals surface area (Å²) in [5.74, 6) is 1.84. The molecule has 0 aliphatic carbocycles. The van der Waals surface area contributed by atoms with Gasteiger partial charge in [0.1, 0.15) is 12.2 Å². The molecule has 2 rings (SSSR count). The average Bonchev–Trinajstić information content (AvgIpc) is 3.07. The normalized spacial score (nSPS) is 11.8. The number of nitrogens with one attached hydrogen (secondary N) is 2. The molecule has 0 aliphatic rings. The molecule has 0 saturated carbocycles. The standard InChI is InChI=1S/C20H32N6.HI/c1-6-18-25-24-15-26(18)13-12-22-19(21-7-2)23-14-16-8-10-17(11-9-16)20(3,4)5;/h8-11,15H,6-7,12-14H2,1-5H3,(H2,21,22,23);1H. The van der Waals surface area contributed by atoms with Crippen LogP contribution in [0.3, 0.4) is 0 Å². The summed E-state index contributed by atoms with van der Waals surface area (Å²) in [6.07, 6.45) is 2.67. The van der Waals surface area contributed by atoms with E-state index in [0.29, 0.717) is 6.54 Å². The van der Waals surface area contributed by atoms with Crippen LogP contribution in [0.2, 0.25) is 0 Å². The van der Waals surface area contributed by atoms with Crippen LogP contribution < -0.4 is 10.6 Å². The maximum Gasteiger partial charge on any atom is 0.191 e. The van der Waals surface area contributed by atoms with Gasteiger partial charge in [-0.2, -0.15) is 0 Å². The van der Waals surface area contributed by atoms with Crippen molar-refractivity contribution in [2.45, 2.75) is 59.5 Å². The smallest absolute Gasteiger partial charge is 0.191 e. The summed E-state index contributed by atoms with van der Waals surface area (Å²) in [7, 11) is 0. The Bertz CT molecular complexity index is 700. The van der Waals surface area contributed by atoms with Gasteiger partial charge in [-0.25, -0.2) is 4.99 Å². The molecule has 150 valence electrons. The summed E-state index contributed by atoms with van der Waals surface area (Å²) in [5, 5.41) is 14.7. The highest BCUT2D eigenvalue weighted by Crippen LogP contribution is 2.22. The average molecular weight is 484 g/mol. The van der Waals surface area contributed by atoms with E-state index in [-0.39, 0.29) is 29.4 Å². The number of hydrogen-bond donors (Lipinski definition) is 2. The third kappa shape index (κ3) is 7.48. The van der Waals surface area contributed by atoms with Crippen LogP contribution in [0.15, 0.2) is 35.6 Å². The van der Waals surface area contributed by atoms with Gasteiger partial charge in [0.15, 0.2) is 5.96 Å². The first kappa shape index (κ1) is 23.4. The maximum absolute atomic E-state index is 4.69. The number of nitrogens with zero attached hydrogens (tertiary/aromatic N) is 4. The van der Waals surface area contributed by atoms with Crippen molar-refractivity contribution in [2.75, 3.05) is 13.1 Å². The first-order valence-corrected chi connectivity index (χ1v) is 9.42. The van der Waals surface area contributed by atoms with Gasteiger partial charge < -0.3 is 15.2 Å². The Kier molecular flexibility index (Phi) is 9.76. The Labute approximate surface area is 180 Å². The van der Waals surface area contributed by atoms with Gasteiger partial charge in [-0.3, -0.25) is 0 Å². The van der Waals surface area contributed by atoms with Crippen molar-refractivity contribution in [1.29, 1.82) is 0 Å². The summed E-state index contributed by atoms with van der Waals surface area (Å²) in [4.78, 5) is 4.69. The van der Waals surface area contributed by atoms with Gasteiger partial charge in [0, 0.05) is 26.1 Å². The zero-order valence-corrected chi connectivity index (χ0v) is 19.4. The number of aliphatic imine (C=N–C) groups is 1. The molecule has 1 aromatic carbocycles. The molecule has 0 aliphatic heterocycles. The van der Waals surface area contributed by atoms with Gasteiger partial charge in [0.05, 0.1) is 6.54 Å². The molecule has 0 saturated heterocycles. The van der Waals surface area contributed by atoms with Crippen LogP contribution in [0.5, 0.6) is 0 Å². The molecule has 1 heterocycles. The van der Waals surface area contributed by atoms with E-state index in [4.69, 9.17) is 4.99 Å². The number of hydrogen-bond acceptors (Lipinski definition) is 3. The summed E-state index contributed by atoms with van der Waals surface area (Å²) in [6, 6.07) is 8.73.